The summed E-state index contributed by atoms with van der Waals surface area (Å²) in [6, 6.07) is 0.646. The van der Waals surface area contributed by atoms with Crippen molar-refractivity contribution in [2.45, 2.75) is 85.7 Å². The predicted molar refractivity (Wildman–Crippen MR) is 74.9 cm³/mol. The zero-order valence-electron chi connectivity index (χ0n) is 12.9. The highest BCUT2D eigenvalue weighted by Crippen LogP contribution is 2.36. The average Bonchev–Trinajstić information content (AvgIpc) is 2.34. The summed E-state index contributed by atoms with van der Waals surface area (Å²) in [6.07, 6.45) is 4.98. The molecule has 0 bridgehead atoms. The van der Waals surface area contributed by atoms with E-state index in [1.807, 2.05) is 0 Å². The van der Waals surface area contributed by atoms with Crippen LogP contribution in [0.5, 0.6) is 0 Å². The van der Waals surface area contributed by atoms with Gasteiger partial charge in [0.15, 0.2) is 0 Å². The molecule has 0 aliphatic carbocycles. The fraction of sp³-hybridized carbons (Fsp3) is 1.00. The van der Waals surface area contributed by atoms with Crippen LogP contribution in [0.1, 0.15) is 74.1 Å². The van der Waals surface area contributed by atoms with Gasteiger partial charge in [-0.05, 0) is 52.0 Å². The minimum Gasteiger partial charge on any atom is -0.298 e. The van der Waals surface area contributed by atoms with E-state index in [1.54, 1.807) is 0 Å². The van der Waals surface area contributed by atoms with Crippen LogP contribution in [0.2, 0.25) is 0 Å². The minimum atomic E-state index is 0.352. The van der Waals surface area contributed by atoms with Gasteiger partial charge >= 0.3 is 0 Å². The number of hydrogen-bond acceptors (Lipinski definition) is 1. The van der Waals surface area contributed by atoms with Crippen LogP contribution in [-0.4, -0.2) is 23.5 Å². The maximum absolute atomic E-state index is 2.61. The molecule has 1 unspecified atom stereocenters. The molecule has 0 saturated carbocycles. The molecule has 1 atom stereocenters. The Morgan fingerprint density at radius 3 is 1.50 bits per heavy atom. The van der Waals surface area contributed by atoms with Gasteiger partial charge in [0.05, 0.1) is 0 Å². The summed E-state index contributed by atoms with van der Waals surface area (Å²) in [4.78, 5) is 2.61. The molecule has 0 heterocycles. The Balaban J connectivity index is 4.90. The van der Waals surface area contributed by atoms with Gasteiger partial charge in [-0.3, -0.25) is 4.90 Å². The van der Waals surface area contributed by atoms with E-state index in [9.17, 15) is 0 Å². The first-order valence-electron chi connectivity index (χ1n) is 7.04. The molecule has 16 heavy (non-hydrogen) atoms. The van der Waals surface area contributed by atoms with E-state index in [0.29, 0.717) is 17.0 Å². The van der Waals surface area contributed by atoms with Gasteiger partial charge in [0.1, 0.15) is 0 Å². The number of nitrogens with zero attached hydrogens (tertiary/aromatic N) is 1. The second kappa shape index (κ2) is 6.05. The molecular weight excluding hydrogens is 194 g/mol. The average molecular weight is 227 g/mol. The largest absolute Gasteiger partial charge is 0.298 e. The molecule has 0 N–H and O–H groups in total. The van der Waals surface area contributed by atoms with Crippen LogP contribution in [0.25, 0.3) is 0 Å². The van der Waals surface area contributed by atoms with Crippen LogP contribution >= 0.6 is 0 Å². The van der Waals surface area contributed by atoms with E-state index in [2.05, 4.69) is 60.4 Å². The SMILES string of the molecule is CCC(C)(CC)C(C)N(C)C(C)(CC)CC. The molecule has 0 aromatic rings. The highest BCUT2D eigenvalue weighted by atomic mass is 15.2. The van der Waals surface area contributed by atoms with Crippen molar-refractivity contribution in [1.82, 2.24) is 4.90 Å². The van der Waals surface area contributed by atoms with E-state index >= 15 is 0 Å². The molecule has 0 spiro atoms. The summed E-state index contributed by atoms with van der Waals surface area (Å²) in [7, 11) is 2.31. The lowest BCUT2D eigenvalue weighted by Crippen LogP contribution is -2.53. The number of rotatable bonds is 7. The van der Waals surface area contributed by atoms with Gasteiger partial charge < -0.3 is 0 Å². The van der Waals surface area contributed by atoms with Gasteiger partial charge in [-0.25, -0.2) is 0 Å². The minimum absolute atomic E-state index is 0.352. The van der Waals surface area contributed by atoms with Crippen molar-refractivity contribution in [3.63, 3.8) is 0 Å². The third kappa shape index (κ3) is 3.00. The second-order valence-electron chi connectivity index (χ2n) is 5.85. The van der Waals surface area contributed by atoms with Crippen LogP contribution in [0.4, 0.5) is 0 Å². The van der Waals surface area contributed by atoms with E-state index in [4.69, 9.17) is 0 Å². The van der Waals surface area contributed by atoms with Crippen molar-refractivity contribution in [1.29, 1.82) is 0 Å². The first kappa shape index (κ1) is 16.0. The lowest BCUT2D eigenvalue weighted by atomic mass is 9.75. The van der Waals surface area contributed by atoms with Gasteiger partial charge in [0.2, 0.25) is 0 Å². The van der Waals surface area contributed by atoms with Gasteiger partial charge in [0.25, 0.3) is 0 Å². The normalized spacial score (nSPS) is 15.6. The third-order valence-electron chi connectivity index (χ3n) is 5.58. The Bertz CT molecular complexity index is 168. The highest BCUT2D eigenvalue weighted by Gasteiger charge is 2.36. The summed E-state index contributed by atoms with van der Waals surface area (Å²) in [5.41, 5.74) is 0.797. The fourth-order valence-electron chi connectivity index (χ4n) is 2.52. The molecule has 0 fully saturated rings. The van der Waals surface area contributed by atoms with Crippen LogP contribution in [0.15, 0.2) is 0 Å². The van der Waals surface area contributed by atoms with Crippen molar-refractivity contribution in [3.05, 3.63) is 0 Å². The molecule has 0 aromatic heterocycles. The van der Waals surface area contributed by atoms with Gasteiger partial charge in [-0.1, -0.05) is 34.6 Å². The summed E-state index contributed by atoms with van der Waals surface area (Å²) in [6.45, 7) is 16.5. The monoisotopic (exact) mass is 227 g/mol. The molecule has 0 amide bonds. The van der Waals surface area contributed by atoms with Gasteiger partial charge in [-0.2, -0.15) is 0 Å². The molecule has 0 saturated heterocycles. The summed E-state index contributed by atoms with van der Waals surface area (Å²) in [5, 5.41) is 0. The molecule has 0 aliphatic heterocycles. The topological polar surface area (TPSA) is 3.24 Å². The highest BCUT2D eigenvalue weighted by molar-refractivity contribution is 4.91. The zero-order chi connectivity index (χ0) is 13.0. The van der Waals surface area contributed by atoms with E-state index < -0.39 is 0 Å². The molecule has 1 nitrogen and oxygen atoms in total. The Hall–Kier alpha value is -0.0400. The number of hydrogen-bond donors (Lipinski definition) is 0. The van der Waals surface area contributed by atoms with Crippen molar-refractivity contribution in [2.24, 2.45) is 5.41 Å². The molecule has 0 radical (unpaired) electrons. The fourth-order valence-corrected chi connectivity index (χ4v) is 2.52. The first-order chi connectivity index (χ1) is 7.31. The molecule has 1 heteroatoms. The van der Waals surface area contributed by atoms with Crippen LogP contribution in [-0.2, 0) is 0 Å². The van der Waals surface area contributed by atoms with E-state index in [0.717, 1.165) is 0 Å². The predicted octanol–water partition coefficient (Wildman–Crippen LogP) is 4.71. The summed E-state index contributed by atoms with van der Waals surface area (Å²) in [5.74, 6) is 0. The second-order valence-corrected chi connectivity index (χ2v) is 5.85. The Morgan fingerprint density at radius 1 is 0.875 bits per heavy atom. The van der Waals surface area contributed by atoms with Gasteiger partial charge in [-0.15, -0.1) is 0 Å². The summed E-state index contributed by atoms with van der Waals surface area (Å²) >= 11 is 0. The maximum atomic E-state index is 2.61. The van der Waals surface area contributed by atoms with Crippen LogP contribution in [0.3, 0.4) is 0 Å². The van der Waals surface area contributed by atoms with E-state index in [1.165, 1.54) is 25.7 Å². The quantitative estimate of drug-likeness (QED) is 0.609. The smallest absolute Gasteiger partial charge is 0.0176 e. The lowest BCUT2D eigenvalue weighted by Gasteiger charge is -2.48. The third-order valence-corrected chi connectivity index (χ3v) is 5.58. The molecular formula is C15H33N. The van der Waals surface area contributed by atoms with Crippen LogP contribution < -0.4 is 0 Å². The van der Waals surface area contributed by atoms with Gasteiger partial charge in [0, 0.05) is 11.6 Å². The van der Waals surface area contributed by atoms with Crippen LogP contribution in [0, 0.1) is 5.41 Å². The van der Waals surface area contributed by atoms with Crippen molar-refractivity contribution in [2.75, 3.05) is 7.05 Å². The van der Waals surface area contributed by atoms with Crippen molar-refractivity contribution >= 4 is 0 Å². The molecule has 98 valence electrons. The maximum Gasteiger partial charge on any atom is 0.0176 e. The first-order valence-corrected chi connectivity index (χ1v) is 7.04. The van der Waals surface area contributed by atoms with Crippen molar-refractivity contribution < 1.29 is 0 Å². The Kier molecular flexibility index (Phi) is 6.03. The lowest BCUT2D eigenvalue weighted by molar-refractivity contribution is 0.0135. The van der Waals surface area contributed by atoms with Crippen molar-refractivity contribution in [3.8, 4) is 0 Å². The molecule has 0 rings (SSSR count). The Labute approximate surface area is 104 Å². The molecule has 0 aromatic carbocycles. The summed E-state index contributed by atoms with van der Waals surface area (Å²) < 4.78 is 0. The molecule has 0 aliphatic rings. The van der Waals surface area contributed by atoms with E-state index in [-0.39, 0.29) is 0 Å². The Morgan fingerprint density at radius 2 is 1.25 bits per heavy atom. The zero-order valence-corrected chi connectivity index (χ0v) is 12.9. The standard InChI is InChI=1S/C15H33N/c1-9-14(6,10-2)13(5)16(8)15(7,11-3)12-4/h13H,9-12H2,1-8H3.